The Hall–Kier alpha value is -2.82. The van der Waals surface area contributed by atoms with Crippen molar-refractivity contribution in [2.75, 3.05) is 25.0 Å². The summed E-state index contributed by atoms with van der Waals surface area (Å²) >= 11 is 0. The van der Waals surface area contributed by atoms with E-state index in [2.05, 4.69) is 0 Å². The summed E-state index contributed by atoms with van der Waals surface area (Å²) in [6.45, 7) is 2.74. The van der Waals surface area contributed by atoms with Gasteiger partial charge in [-0.1, -0.05) is 36.4 Å². The van der Waals surface area contributed by atoms with Crippen molar-refractivity contribution in [3.05, 3.63) is 59.7 Å². The molecule has 0 saturated carbocycles. The van der Waals surface area contributed by atoms with Gasteiger partial charge in [0.15, 0.2) is 5.75 Å². The van der Waals surface area contributed by atoms with Crippen LogP contribution in [0, 0.1) is 6.92 Å². The number of anilines is 1. The van der Waals surface area contributed by atoms with Crippen LogP contribution < -0.4 is 9.64 Å². The fraction of sp³-hybridized carbons (Fsp3) is 0.263. The summed E-state index contributed by atoms with van der Waals surface area (Å²) < 4.78 is 5.25. The summed E-state index contributed by atoms with van der Waals surface area (Å²) in [5, 5.41) is 0. The molecule has 0 fully saturated rings. The second-order valence-electron chi connectivity index (χ2n) is 6.04. The number of fused-ring (bicyclic) bond motifs is 1. The number of amides is 1. The Morgan fingerprint density at radius 1 is 1.21 bits per heavy atom. The van der Waals surface area contributed by atoms with Crippen LogP contribution in [0.4, 0.5) is 5.69 Å². The van der Waals surface area contributed by atoms with E-state index in [9.17, 15) is 9.59 Å². The van der Waals surface area contributed by atoms with E-state index in [0.29, 0.717) is 12.3 Å². The van der Waals surface area contributed by atoms with E-state index in [4.69, 9.17) is 4.74 Å². The molecule has 0 atom stereocenters. The number of carbonyl (C=O) groups excluding carboxylic acids is 2. The van der Waals surface area contributed by atoms with Crippen LogP contribution in [0.25, 0.3) is 0 Å². The van der Waals surface area contributed by atoms with Crippen molar-refractivity contribution >= 4 is 17.6 Å². The lowest BCUT2D eigenvalue weighted by atomic mass is 10.1. The molecule has 1 aliphatic heterocycles. The highest BCUT2D eigenvalue weighted by Gasteiger charge is 2.26. The molecule has 1 aliphatic rings. The number of esters is 1. The Morgan fingerprint density at radius 2 is 1.96 bits per heavy atom. The van der Waals surface area contributed by atoms with Gasteiger partial charge in [0.25, 0.3) is 0 Å². The van der Waals surface area contributed by atoms with Gasteiger partial charge in [0.1, 0.15) is 6.54 Å². The molecule has 0 radical (unpaired) electrons. The van der Waals surface area contributed by atoms with Gasteiger partial charge in [-0.05, 0) is 30.2 Å². The molecule has 0 bridgehead atoms. The van der Waals surface area contributed by atoms with Crippen LogP contribution >= 0.6 is 0 Å². The van der Waals surface area contributed by atoms with Crippen LogP contribution in [-0.4, -0.2) is 36.9 Å². The minimum absolute atomic E-state index is 0.0407. The van der Waals surface area contributed by atoms with Crippen molar-refractivity contribution in [1.82, 2.24) is 4.90 Å². The molecule has 0 spiro atoms. The summed E-state index contributed by atoms with van der Waals surface area (Å²) in [5.41, 5.74) is 2.92. The third-order valence-corrected chi connectivity index (χ3v) is 4.01. The third kappa shape index (κ3) is 3.56. The van der Waals surface area contributed by atoms with E-state index >= 15 is 0 Å². The maximum atomic E-state index is 12.5. The minimum atomic E-state index is -0.343. The van der Waals surface area contributed by atoms with Crippen LogP contribution in [0.1, 0.15) is 11.1 Å². The summed E-state index contributed by atoms with van der Waals surface area (Å²) in [5.74, 6) is 0.126. The Bertz CT molecular complexity index is 758. The van der Waals surface area contributed by atoms with E-state index in [-0.39, 0.29) is 25.0 Å². The van der Waals surface area contributed by atoms with Crippen molar-refractivity contribution in [3.8, 4) is 5.75 Å². The molecule has 2 aromatic carbocycles. The van der Waals surface area contributed by atoms with Crippen molar-refractivity contribution in [2.24, 2.45) is 0 Å². The van der Waals surface area contributed by atoms with E-state index in [1.807, 2.05) is 49.4 Å². The maximum absolute atomic E-state index is 12.5. The Morgan fingerprint density at radius 3 is 2.71 bits per heavy atom. The highest BCUT2D eigenvalue weighted by Crippen LogP contribution is 2.32. The highest BCUT2D eigenvalue weighted by atomic mass is 16.5. The van der Waals surface area contributed by atoms with Gasteiger partial charge >= 0.3 is 5.97 Å². The van der Waals surface area contributed by atoms with Crippen LogP contribution in [0.3, 0.4) is 0 Å². The highest BCUT2D eigenvalue weighted by molar-refractivity contribution is 5.89. The zero-order chi connectivity index (χ0) is 17.1. The van der Waals surface area contributed by atoms with Gasteiger partial charge in [0, 0.05) is 13.6 Å². The number of nitrogens with zero attached hydrogens (tertiary/aromatic N) is 2. The molecule has 5 nitrogen and oxygen atoms in total. The zero-order valence-corrected chi connectivity index (χ0v) is 13.9. The summed E-state index contributed by atoms with van der Waals surface area (Å²) in [6, 6.07) is 15.4. The summed E-state index contributed by atoms with van der Waals surface area (Å²) in [7, 11) is 1.77. The van der Waals surface area contributed by atoms with Gasteiger partial charge in [-0.25, -0.2) is 4.79 Å². The number of likely N-dealkylation sites (N-methyl/N-ethyl adjacent to an activating group) is 1. The standard InChI is InChI=1S/C19H20N2O3/c1-14-8-9-17-16(10-14)21(13-19(23)24-17)12-18(22)20(2)11-15-6-4-3-5-7-15/h3-10H,11-13H2,1-2H3. The van der Waals surface area contributed by atoms with Crippen LogP contribution in [-0.2, 0) is 16.1 Å². The van der Waals surface area contributed by atoms with Gasteiger partial charge < -0.3 is 14.5 Å². The molecule has 124 valence electrons. The lowest BCUT2D eigenvalue weighted by molar-refractivity contribution is -0.133. The molecular formula is C19H20N2O3. The normalized spacial score (nSPS) is 13.2. The summed E-state index contributed by atoms with van der Waals surface area (Å²) in [6.07, 6.45) is 0. The molecule has 5 heteroatoms. The predicted molar refractivity (Wildman–Crippen MR) is 91.9 cm³/mol. The molecule has 1 heterocycles. The zero-order valence-electron chi connectivity index (χ0n) is 13.9. The monoisotopic (exact) mass is 324 g/mol. The number of hydrogen-bond acceptors (Lipinski definition) is 4. The van der Waals surface area contributed by atoms with E-state index in [0.717, 1.165) is 16.8 Å². The quantitative estimate of drug-likeness (QED) is 0.640. The number of hydrogen-bond donors (Lipinski definition) is 0. The smallest absolute Gasteiger partial charge is 0.331 e. The molecule has 24 heavy (non-hydrogen) atoms. The van der Waals surface area contributed by atoms with Crippen molar-refractivity contribution < 1.29 is 14.3 Å². The fourth-order valence-corrected chi connectivity index (χ4v) is 2.73. The fourth-order valence-electron chi connectivity index (χ4n) is 2.73. The van der Waals surface area contributed by atoms with E-state index in [1.54, 1.807) is 22.9 Å². The molecule has 0 unspecified atom stereocenters. The van der Waals surface area contributed by atoms with E-state index < -0.39 is 0 Å². The summed E-state index contributed by atoms with van der Waals surface area (Å²) in [4.78, 5) is 27.8. The van der Waals surface area contributed by atoms with Crippen molar-refractivity contribution in [1.29, 1.82) is 0 Å². The van der Waals surface area contributed by atoms with Gasteiger partial charge in [0.05, 0.1) is 12.2 Å². The molecule has 0 aliphatic carbocycles. The topological polar surface area (TPSA) is 49.9 Å². The third-order valence-electron chi connectivity index (χ3n) is 4.01. The first-order chi connectivity index (χ1) is 11.5. The van der Waals surface area contributed by atoms with Gasteiger partial charge in [-0.3, -0.25) is 4.79 Å². The number of aryl methyl sites for hydroxylation is 1. The molecule has 1 amide bonds. The molecule has 3 rings (SSSR count). The molecule has 0 N–H and O–H groups in total. The largest absolute Gasteiger partial charge is 0.423 e. The molecule has 0 aromatic heterocycles. The van der Waals surface area contributed by atoms with Gasteiger partial charge in [-0.15, -0.1) is 0 Å². The lowest BCUT2D eigenvalue weighted by Crippen LogP contribution is -2.43. The average molecular weight is 324 g/mol. The lowest BCUT2D eigenvalue weighted by Gasteiger charge is -2.31. The van der Waals surface area contributed by atoms with Crippen LogP contribution in [0.2, 0.25) is 0 Å². The minimum Gasteiger partial charge on any atom is -0.423 e. The number of benzene rings is 2. The second kappa shape index (κ2) is 6.74. The van der Waals surface area contributed by atoms with Crippen molar-refractivity contribution in [2.45, 2.75) is 13.5 Å². The molecular weight excluding hydrogens is 304 g/mol. The number of ether oxygens (including phenoxy) is 1. The van der Waals surface area contributed by atoms with Gasteiger partial charge in [-0.2, -0.15) is 0 Å². The molecule has 0 saturated heterocycles. The first-order valence-corrected chi connectivity index (χ1v) is 7.87. The Labute approximate surface area is 141 Å². The number of rotatable bonds is 4. The SMILES string of the molecule is Cc1ccc2c(c1)N(CC(=O)N(C)Cc1ccccc1)CC(=O)O2. The second-order valence-corrected chi connectivity index (χ2v) is 6.04. The Kier molecular flexibility index (Phi) is 4.51. The van der Waals surface area contributed by atoms with E-state index in [1.165, 1.54) is 0 Å². The van der Waals surface area contributed by atoms with Crippen molar-refractivity contribution in [3.63, 3.8) is 0 Å². The molecule has 2 aromatic rings. The Balaban J connectivity index is 1.72. The van der Waals surface area contributed by atoms with Crippen LogP contribution in [0.5, 0.6) is 5.75 Å². The average Bonchev–Trinajstić information content (AvgIpc) is 2.56. The first kappa shape index (κ1) is 16.1. The number of carbonyl (C=O) groups is 2. The first-order valence-electron chi connectivity index (χ1n) is 7.87. The maximum Gasteiger partial charge on any atom is 0.331 e. The predicted octanol–water partition coefficient (Wildman–Crippen LogP) is 2.38. The van der Waals surface area contributed by atoms with Crippen LogP contribution in [0.15, 0.2) is 48.5 Å². The van der Waals surface area contributed by atoms with Gasteiger partial charge in [0.2, 0.25) is 5.91 Å².